The van der Waals surface area contributed by atoms with E-state index in [-0.39, 0.29) is 5.91 Å². The normalized spacial score (nSPS) is 22.9. The number of benzene rings is 1. The molecule has 1 amide bonds. The van der Waals surface area contributed by atoms with Crippen LogP contribution in [0.5, 0.6) is 0 Å². The summed E-state index contributed by atoms with van der Waals surface area (Å²) in [5.41, 5.74) is 3.97. The molecule has 1 unspecified atom stereocenters. The summed E-state index contributed by atoms with van der Waals surface area (Å²) in [6.07, 6.45) is 3.78. The number of fused-ring (bicyclic) bond motifs is 1. The van der Waals surface area contributed by atoms with E-state index in [1.54, 1.807) is 4.88 Å². The fourth-order valence-electron chi connectivity index (χ4n) is 3.97. The molecular formula is C20H25N2OS+. The standard InChI is InChI=1S/C20H24N2OS/c1-14-4-2-3-5-16(14)12-21-19(23)13-22-10-8-18-17(9-11-24-18)20(22)15-6-7-15/h2-5,9,11,15,20H,6-8,10,12-13H2,1H3,(H,21,23)/p+1/t20-/m0/s1. The molecule has 1 aromatic heterocycles. The second-order valence-electron chi connectivity index (χ2n) is 7.15. The topological polar surface area (TPSA) is 33.5 Å². The lowest BCUT2D eigenvalue weighted by Crippen LogP contribution is -3.14. The van der Waals surface area contributed by atoms with E-state index in [1.807, 2.05) is 23.5 Å². The molecule has 1 aliphatic carbocycles. The Labute approximate surface area is 147 Å². The highest BCUT2D eigenvalue weighted by molar-refractivity contribution is 7.10. The van der Waals surface area contributed by atoms with Crippen molar-refractivity contribution in [2.45, 2.75) is 38.8 Å². The number of quaternary nitrogens is 1. The highest BCUT2D eigenvalue weighted by Crippen LogP contribution is 2.42. The Morgan fingerprint density at radius 2 is 2.12 bits per heavy atom. The van der Waals surface area contributed by atoms with Gasteiger partial charge in [-0.05, 0) is 42.3 Å². The number of aryl methyl sites for hydroxylation is 1. The van der Waals surface area contributed by atoms with Crippen molar-refractivity contribution in [3.05, 3.63) is 57.3 Å². The van der Waals surface area contributed by atoms with E-state index in [2.05, 4.69) is 35.8 Å². The van der Waals surface area contributed by atoms with Gasteiger partial charge in [0, 0.05) is 29.3 Å². The minimum atomic E-state index is 0.178. The Morgan fingerprint density at radius 1 is 1.29 bits per heavy atom. The molecule has 2 atom stereocenters. The Hall–Kier alpha value is -1.65. The average molecular weight is 342 g/mol. The predicted octanol–water partition coefficient (Wildman–Crippen LogP) is 2.27. The summed E-state index contributed by atoms with van der Waals surface area (Å²) < 4.78 is 0. The molecule has 1 aromatic carbocycles. The van der Waals surface area contributed by atoms with Gasteiger partial charge in [0.2, 0.25) is 0 Å². The van der Waals surface area contributed by atoms with Crippen LogP contribution < -0.4 is 10.2 Å². The maximum atomic E-state index is 12.5. The third kappa shape index (κ3) is 3.26. The van der Waals surface area contributed by atoms with E-state index in [0.29, 0.717) is 19.1 Å². The summed E-state index contributed by atoms with van der Waals surface area (Å²) in [7, 11) is 0. The number of amides is 1. The third-order valence-corrected chi connectivity index (χ3v) is 6.44. The van der Waals surface area contributed by atoms with Crippen LogP contribution in [0.3, 0.4) is 0 Å². The summed E-state index contributed by atoms with van der Waals surface area (Å²) in [6.45, 7) is 4.42. The van der Waals surface area contributed by atoms with Crippen molar-refractivity contribution in [3.8, 4) is 0 Å². The molecular weight excluding hydrogens is 316 g/mol. The van der Waals surface area contributed by atoms with Crippen molar-refractivity contribution in [2.24, 2.45) is 5.92 Å². The molecule has 0 bridgehead atoms. The molecule has 4 rings (SSSR count). The van der Waals surface area contributed by atoms with Gasteiger partial charge in [-0.15, -0.1) is 11.3 Å². The maximum absolute atomic E-state index is 12.5. The van der Waals surface area contributed by atoms with Crippen LogP contribution in [-0.4, -0.2) is 19.0 Å². The van der Waals surface area contributed by atoms with E-state index in [4.69, 9.17) is 0 Å². The molecule has 3 nitrogen and oxygen atoms in total. The second kappa shape index (κ2) is 6.69. The smallest absolute Gasteiger partial charge is 0.275 e. The van der Waals surface area contributed by atoms with Crippen molar-refractivity contribution in [1.82, 2.24) is 5.32 Å². The van der Waals surface area contributed by atoms with Gasteiger partial charge < -0.3 is 10.2 Å². The van der Waals surface area contributed by atoms with E-state index >= 15 is 0 Å². The molecule has 24 heavy (non-hydrogen) atoms. The Kier molecular flexibility index (Phi) is 4.42. The van der Waals surface area contributed by atoms with Gasteiger partial charge in [-0.3, -0.25) is 4.79 Å². The Bertz CT molecular complexity index is 735. The predicted molar refractivity (Wildman–Crippen MR) is 97.2 cm³/mol. The van der Waals surface area contributed by atoms with Crippen LogP contribution in [0, 0.1) is 12.8 Å². The molecule has 0 saturated heterocycles. The van der Waals surface area contributed by atoms with Gasteiger partial charge in [0.25, 0.3) is 5.91 Å². The molecule has 2 aliphatic rings. The largest absolute Gasteiger partial charge is 0.347 e. The van der Waals surface area contributed by atoms with E-state index in [1.165, 1.54) is 34.4 Å². The number of carbonyl (C=O) groups excluding carboxylic acids is 1. The zero-order chi connectivity index (χ0) is 16.5. The molecule has 4 heteroatoms. The van der Waals surface area contributed by atoms with E-state index < -0.39 is 0 Å². The summed E-state index contributed by atoms with van der Waals surface area (Å²) in [6, 6.07) is 11.1. The van der Waals surface area contributed by atoms with Gasteiger partial charge >= 0.3 is 0 Å². The van der Waals surface area contributed by atoms with Crippen molar-refractivity contribution in [1.29, 1.82) is 0 Å². The van der Waals surface area contributed by atoms with Gasteiger partial charge in [-0.2, -0.15) is 0 Å². The maximum Gasteiger partial charge on any atom is 0.275 e. The summed E-state index contributed by atoms with van der Waals surface area (Å²) in [5, 5.41) is 5.35. The second-order valence-corrected chi connectivity index (χ2v) is 8.15. The Balaban J connectivity index is 1.39. The highest BCUT2D eigenvalue weighted by atomic mass is 32.1. The molecule has 126 valence electrons. The van der Waals surface area contributed by atoms with Gasteiger partial charge in [0.05, 0.1) is 6.54 Å². The monoisotopic (exact) mass is 341 g/mol. The zero-order valence-corrected chi connectivity index (χ0v) is 15.0. The van der Waals surface area contributed by atoms with E-state index in [9.17, 15) is 4.79 Å². The van der Waals surface area contributed by atoms with Gasteiger partial charge in [-0.1, -0.05) is 24.3 Å². The van der Waals surface area contributed by atoms with Crippen LogP contribution in [0.25, 0.3) is 0 Å². The number of carbonyl (C=O) groups is 1. The van der Waals surface area contributed by atoms with Crippen LogP contribution in [0.1, 0.15) is 40.5 Å². The van der Waals surface area contributed by atoms with Crippen LogP contribution in [-0.2, 0) is 17.8 Å². The lowest BCUT2D eigenvalue weighted by Gasteiger charge is -2.32. The molecule has 0 spiro atoms. The quantitative estimate of drug-likeness (QED) is 0.859. The Morgan fingerprint density at radius 3 is 2.92 bits per heavy atom. The van der Waals surface area contributed by atoms with Crippen LogP contribution in [0.2, 0.25) is 0 Å². The van der Waals surface area contributed by atoms with Crippen LogP contribution in [0.15, 0.2) is 35.7 Å². The molecule has 2 N–H and O–H groups in total. The lowest BCUT2D eigenvalue weighted by atomic mass is 9.96. The number of rotatable bonds is 5. The summed E-state index contributed by atoms with van der Waals surface area (Å²) in [4.78, 5) is 15.5. The van der Waals surface area contributed by atoms with Gasteiger partial charge in [0.15, 0.2) is 6.54 Å². The fraction of sp³-hybridized carbons (Fsp3) is 0.450. The van der Waals surface area contributed by atoms with Crippen molar-refractivity contribution >= 4 is 17.2 Å². The number of hydrogen-bond donors (Lipinski definition) is 2. The summed E-state index contributed by atoms with van der Waals surface area (Å²) in [5.74, 6) is 0.968. The molecule has 0 radical (unpaired) electrons. The molecule has 1 aliphatic heterocycles. The van der Waals surface area contributed by atoms with E-state index in [0.717, 1.165) is 18.9 Å². The lowest BCUT2D eigenvalue weighted by molar-refractivity contribution is -0.928. The van der Waals surface area contributed by atoms with Crippen molar-refractivity contribution < 1.29 is 9.69 Å². The minimum Gasteiger partial charge on any atom is -0.347 e. The minimum absolute atomic E-state index is 0.178. The first kappa shape index (κ1) is 15.9. The SMILES string of the molecule is Cc1ccccc1CNC(=O)C[NH+]1CCc2sccc2[C@@H]1C1CC1. The zero-order valence-electron chi connectivity index (χ0n) is 14.2. The van der Waals surface area contributed by atoms with Gasteiger partial charge in [-0.25, -0.2) is 0 Å². The third-order valence-electron chi connectivity index (χ3n) is 5.45. The number of nitrogens with one attached hydrogen (secondary N) is 2. The highest BCUT2D eigenvalue weighted by Gasteiger charge is 2.43. The molecule has 2 heterocycles. The average Bonchev–Trinajstić information content (AvgIpc) is 3.30. The van der Waals surface area contributed by atoms with Crippen LogP contribution >= 0.6 is 11.3 Å². The molecule has 1 fully saturated rings. The van der Waals surface area contributed by atoms with Crippen LogP contribution in [0.4, 0.5) is 0 Å². The first-order valence-electron chi connectivity index (χ1n) is 8.94. The first-order chi connectivity index (χ1) is 11.7. The van der Waals surface area contributed by atoms with Gasteiger partial charge in [0.1, 0.15) is 6.04 Å². The fourth-order valence-corrected chi connectivity index (χ4v) is 4.90. The van der Waals surface area contributed by atoms with Crippen molar-refractivity contribution in [3.63, 3.8) is 0 Å². The molecule has 1 saturated carbocycles. The summed E-state index contributed by atoms with van der Waals surface area (Å²) >= 11 is 1.89. The number of thiophene rings is 1. The number of hydrogen-bond acceptors (Lipinski definition) is 2. The first-order valence-corrected chi connectivity index (χ1v) is 9.82. The molecule has 2 aromatic rings. The van der Waals surface area contributed by atoms with Crippen molar-refractivity contribution in [2.75, 3.05) is 13.1 Å².